The number of methoxy groups -OCH3 is 1. The van der Waals surface area contributed by atoms with Crippen LogP contribution in [0.15, 0.2) is 12.1 Å². The van der Waals surface area contributed by atoms with Crippen molar-refractivity contribution in [1.82, 2.24) is 0 Å². The maximum Gasteiger partial charge on any atom is 0.427 e. The van der Waals surface area contributed by atoms with Crippen LogP contribution in [0.5, 0.6) is 5.75 Å². The zero-order chi connectivity index (χ0) is 22.8. The van der Waals surface area contributed by atoms with Crippen molar-refractivity contribution in [2.24, 2.45) is 0 Å². The SMILES string of the molecule is CCOC(=O)C(CC(C)(C)c1ccc(C)c(F)c1OC)(O[Si](C)(C)C)C(F)(F)F. The minimum absolute atomic E-state index is 0.150. The van der Waals surface area contributed by atoms with Crippen molar-refractivity contribution in [3.63, 3.8) is 0 Å². The van der Waals surface area contributed by atoms with E-state index in [1.165, 1.54) is 46.9 Å². The lowest BCUT2D eigenvalue weighted by molar-refractivity contribution is -0.261. The number of aryl methyl sites for hydroxylation is 1. The van der Waals surface area contributed by atoms with Gasteiger partial charge in [-0.15, -0.1) is 0 Å². The third kappa shape index (κ3) is 5.51. The number of carbonyl (C=O) groups is 1. The largest absolute Gasteiger partial charge is 0.493 e. The van der Waals surface area contributed by atoms with Crippen LogP contribution in [-0.4, -0.2) is 39.8 Å². The molecule has 0 fully saturated rings. The second-order valence-electron chi connectivity index (χ2n) is 8.60. The summed E-state index contributed by atoms with van der Waals surface area (Å²) in [5.74, 6) is -2.30. The molecule has 1 unspecified atom stereocenters. The Hall–Kier alpha value is -1.61. The lowest BCUT2D eigenvalue weighted by Gasteiger charge is -2.42. The van der Waals surface area contributed by atoms with E-state index in [2.05, 4.69) is 0 Å². The molecule has 0 spiro atoms. The number of halogens is 4. The Morgan fingerprint density at radius 1 is 1.14 bits per heavy atom. The van der Waals surface area contributed by atoms with Gasteiger partial charge in [-0.3, -0.25) is 0 Å². The van der Waals surface area contributed by atoms with Gasteiger partial charge in [0.1, 0.15) is 0 Å². The van der Waals surface area contributed by atoms with Crippen molar-refractivity contribution >= 4 is 14.3 Å². The summed E-state index contributed by atoms with van der Waals surface area (Å²) in [4.78, 5) is 12.6. The van der Waals surface area contributed by atoms with Crippen LogP contribution < -0.4 is 4.74 Å². The molecule has 0 aliphatic rings. The summed E-state index contributed by atoms with van der Waals surface area (Å²) in [6.45, 7) is 10.4. The van der Waals surface area contributed by atoms with Crippen LogP contribution in [0.1, 0.15) is 38.3 Å². The quantitative estimate of drug-likeness (QED) is 0.304. The fourth-order valence-corrected chi connectivity index (χ4v) is 4.62. The van der Waals surface area contributed by atoms with Gasteiger partial charge in [0.05, 0.1) is 13.7 Å². The van der Waals surface area contributed by atoms with Gasteiger partial charge in [-0.1, -0.05) is 26.0 Å². The van der Waals surface area contributed by atoms with Crippen LogP contribution >= 0.6 is 0 Å². The predicted octanol–water partition coefficient (Wildman–Crippen LogP) is 5.53. The Kier molecular flexibility index (Phi) is 7.57. The van der Waals surface area contributed by atoms with E-state index in [1.807, 2.05) is 0 Å². The fourth-order valence-electron chi connectivity index (χ4n) is 3.30. The van der Waals surface area contributed by atoms with Crippen molar-refractivity contribution in [3.8, 4) is 5.75 Å². The first-order chi connectivity index (χ1) is 13.0. The second kappa shape index (κ2) is 8.63. The standard InChI is InChI=1S/C20H30F4O4Si/c1-9-27-17(25)19(20(22,23)24,28-29(6,7)8)12-18(3,4)14-11-10-13(2)15(21)16(14)26-5/h10-11H,9,12H2,1-8H3. The minimum Gasteiger partial charge on any atom is -0.493 e. The van der Waals surface area contributed by atoms with Crippen molar-refractivity contribution in [2.45, 2.75) is 70.9 Å². The number of esters is 1. The third-order valence-electron chi connectivity index (χ3n) is 4.46. The first kappa shape index (κ1) is 25.4. The van der Waals surface area contributed by atoms with Crippen LogP contribution in [0.25, 0.3) is 0 Å². The molecule has 0 aliphatic carbocycles. The molecule has 0 N–H and O–H groups in total. The molecule has 0 saturated carbocycles. The van der Waals surface area contributed by atoms with E-state index in [1.54, 1.807) is 19.6 Å². The Bertz CT molecular complexity index is 741. The summed E-state index contributed by atoms with van der Waals surface area (Å²) in [5.41, 5.74) is -4.00. The number of benzene rings is 1. The van der Waals surface area contributed by atoms with Gasteiger partial charge in [-0.25, -0.2) is 9.18 Å². The van der Waals surface area contributed by atoms with Gasteiger partial charge >= 0.3 is 12.1 Å². The molecule has 166 valence electrons. The van der Waals surface area contributed by atoms with Gasteiger partial charge in [0, 0.05) is 12.0 Å². The lowest BCUT2D eigenvalue weighted by Crippen LogP contribution is -2.61. The highest BCUT2D eigenvalue weighted by molar-refractivity contribution is 6.70. The minimum atomic E-state index is -5.03. The molecular formula is C20H30F4O4Si. The summed E-state index contributed by atoms with van der Waals surface area (Å²) < 4.78 is 73.0. The van der Waals surface area contributed by atoms with E-state index >= 15 is 0 Å². The number of ether oxygens (including phenoxy) is 2. The Labute approximate surface area is 170 Å². The molecule has 0 heterocycles. The van der Waals surface area contributed by atoms with Gasteiger partial charge in [-0.2, -0.15) is 13.2 Å². The van der Waals surface area contributed by atoms with Crippen LogP contribution in [-0.2, 0) is 19.4 Å². The molecule has 29 heavy (non-hydrogen) atoms. The molecule has 1 aromatic carbocycles. The molecule has 0 saturated heterocycles. The Balaban J connectivity index is 3.67. The van der Waals surface area contributed by atoms with Crippen molar-refractivity contribution in [3.05, 3.63) is 29.1 Å². The Morgan fingerprint density at radius 2 is 1.69 bits per heavy atom. The number of carbonyl (C=O) groups excluding carboxylic acids is 1. The van der Waals surface area contributed by atoms with Crippen molar-refractivity contribution in [2.75, 3.05) is 13.7 Å². The maximum absolute atomic E-state index is 14.5. The number of hydrogen-bond donors (Lipinski definition) is 0. The van der Waals surface area contributed by atoms with Crippen LogP contribution in [0.3, 0.4) is 0 Å². The monoisotopic (exact) mass is 438 g/mol. The number of rotatable bonds is 8. The van der Waals surface area contributed by atoms with Crippen molar-refractivity contribution < 1.29 is 36.3 Å². The predicted molar refractivity (Wildman–Crippen MR) is 105 cm³/mol. The second-order valence-corrected chi connectivity index (χ2v) is 13.0. The van der Waals surface area contributed by atoms with Gasteiger partial charge in [-0.05, 0) is 44.5 Å². The zero-order valence-corrected chi connectivity index (χ0v) is 19.2. The number of hydrogen-bond acceptors (Lipinski definition) is 4. The molecule has 9 heteroatoms. The van der Waals surface area contributed by atoms with Crippen molar-refractivity contribution in [1.29, 1.82) is 0 Å². The first-order valence-corrected chi connectivity index (χ1v) is 12.7. The average molecular weight is 439 g/mol. The van der Waals surface area contributed by atoms with Crippen LogP contribution in [0.2, 0.25) is 19.6 Å². The molecule has 1 aromatic rings. The van der Waals surface area contributed by atoms with Gasteiger partial charge < -0.3 is 13.9 Å². The molecule has 0 bridgehead atoms. The fraction of sp³-hybridized carbons (Fsp3) is 0.650. The smallest absolute Gasteiger partial charge is 0.427 e. The van der Waals surface area contributed by atoms with E-state index in [0.29, 0.717) is 5.56 Å². The molecule has 0 aromatic heterocycles. The van der Waals surface area contributed by atoms with Crippen LogP contribution in [0.4, 0.5) is 17.6 Å². The summed E-state index contributed by atoms with van der Waals surface area (Å²) in [7, 11) is -1.61. The molecule has 4 nitrogen and oxygen atoms in total. The van der Waals surface area contributed by atoms with Gasteiger partial charge in [0.15, 0.2) is 19.9 Å². The van der Waals surface area contributed by atoms with Crippen LogP contribution in [0, 0.1) is 12.7 Å². The van der Waals surface area contributed by atoms with E-state index in [4.69, 9.17) is 13.9 Å². The van der Waals surface area contributed by atoms with Gasteiger partial charge in [0.2, 0.25) is 0 Å². The highest BCUT2D eigenvalue weighted by Gasteiger charge is 2.66. The normalized spacial score (nSPS) is 15.0. The maximum atomic E-state index is 14.5. The summed E-state index contributed by atoms with van der Waals surface area (Å²) in [5, 5.41) is 0. The van der Waals surface area contributed by atoms with E-state index in [0.717, 1.165) is 0 Å². The first-order valence-electron chi connectivity index (χ1n) is 9.30. The lowest BCUT2D eigenvalue weighted by atomic mass is 9.74. The third-order valence-corrected chi connectivity index (χ3v) is 5.42. The molecule has 1 rings (SSSR count). The van der Waals surface area contributed by atoms with E-state index in [-0.39, 0.29) is 17.9 Å². The highest BCUT2D eigenvalue weighted by Crippen LogP contribution is 2.48. The molecule has 0 radical (unpaired) electrons. The summed E-state index contributed by atoms with van der Waals surface area (Å²) >= 11 is 0. The molecule has 0 aliphatic heterocycles. The highest BCUT2D eigenvalue weighted by atomic mass is 28.4. The van der Waals surface area contributed by atoms with E-state index < -0.39 is 43.7 Å². The molecule has 0 amide bonds. The Morgan fingerprint density at radius 3 is 2.10 bits per heavy atom. The van der Waals surface area contributed by atoms with E-state index in [9.17, 15) is 22.4 Å². The topological polar surface area (TPSA) is 44.8 Å². The summed E-state index contributed by atoms with van der Waals surface area (Å²) in [6.07, 6.45) is -5.82. The summed E-state index contributed by atoms with van der Waals surface area (Å²) in [6, 6.07) is 2.98. The number of alkyl halides is 3. The molecular weight excluding hydrogens is 408 g/mol. The van der Waals surface area contributed by atoms with Gasteiger partial charge in [0.25, 0.3) is 5.60 Å². The zero-order valence-electron chi connectivity index (χ0n) is 18.2. The average Bonchev–Trinajstić information content (AvgIpc) is 2.53. The molecule has 1 atom stereocenters.